The molecule has 0 aliphatic carbocycles. The van der Waals surface area contributed by atoms with E-state index in [2.05, 4.69) is 10.1 Å². The van der Waals surface area contributed by atoms with Crippen molar-refractivity contribution < 1.29 is 0 Å². The number of nitrogens with zero attached hydrogens (tertiary/aromatic N) is 4. The molecule has 2 aromatic rings. The van der Waals surface area contributed by atoms with Gasteiger partial charge in [-0.25, -0.2) is 9.67 Å². The molecule has 74 valence electrons. The van der Waals surface area contributed by atoms with E-state index in [9.17, 15) is 0 Å². The van der Waals surface area contributed by atoms with Gasteiger partial charge in [-0.3, -0.25) is 0 Å². The maximum atomic E-state index is 8.61. The van der Waals surface area contributed by atoms with Crippen molar-refractivity contribution in [2.24, 2.45) is 0 Å². The highest BCUT2D eigenvalue weighted by molar-refractivity contribution is 5.33. The molecule has 2 rings (SSSR count). The minimum Gasteiger partial charge on any atom is -0.243 e. The van der Waals surface area contributed by atoms with Crippen LogP contribution in [0.5, 0.6) is 0 Å². The van der Waals surface area contributed by atoms with Gasteiger partial charge in [0.2, 0.25) is 0 Å². The van der Waals surface area contributed by atoms with Crippen molar-refractivity contribution >= 4 is 0 Å². The average Bonchev–Trinajstić information content (AvgIpc) is 2.59. The minimum atomic E-state index is 0.416. The molecule has 0 aliphatic heterocycles. The van der Waals surface area contributed by atoms with Crippen LogP contribution in [0.1, 0.15) is 17.0 Å². The van der Waals surface area contributed by atoms with Crippen LogP contribution in [0.3, 0.4) is 0 Å². The molecule has 0 atom stereocenters. The van der Waals surface area contributed by atoms with Crippen LogP contribution >= 0.6 is 0 Å². The van der Waals surface area contributed by atoms with E-state index in [0.29, 0.717) is 5.69 Å². The lowest BCUT2D eigenvalue weighted by Crippen LogP contribution is -1.96. The van der Waals surface area contributed by atoms with Gasteiger partial charge in [-0.15, -0.1) is 0 Å². The van der Waals surface area contributed by atoms with Crippen molar-refractivity contribution in [2.45, 2.75) is 13.8 Å². The molecule has 0 amide bonds. The SMILES string of the molecule is Cc1cn(-c2ccc(C#N)nc2)nc1C. The standard InChI is InChI=1S/C11H10N4/c1-8-7-15(14-9(8)2)11-4-3-10(5-12)13-6-11/h3-4,6-7H,1-2H3. The summed E-state index contributed by atoms with van der Waals surface area (Å²) in [5.74, 6) is 0. The van der Waals surface area contributed by atoms with Crippen LogP contribution in [0.4, 0.5) is 0 Å². The Balaban J connectivity index is 2.42. The fourth-order valence-corrected chi connectivity index (χ4v) is 1.27. The molecule has 15 heavy (non-hydrogen) atoms. The smallest absolute Gasteiger partial charge is 0.140 e. The summed E-state index contributed by atoms with van der Waals surface area (Å²) in [4.78, 5) is 3.99. The topological polar surface area (TPSA) is 54.5 Å². The molecular weight excluding hydrogens is 188 g/mol. The Bertz CT molecular complexity index is 497. The molecule has 2 aromatic heterocycles. The lowest BCUT2D eigenvalue weighted by molar-refractivity contribution is 0.856. The molecule has 0 aromatic carbocycles. The molecule has 0 aliphatic rings. The fraction of sp³-hybridized carbons (Fsp3) is 0.182. The summed E-state index contributed by atoms with van der Waals surface area (Å²) < 4.78 is 1.76. The monoisotopic (exact) mass is 198 g/mol. The molecule has 4 nitrogen and oxygen atoms in total. The number of hydrogen-bond acceptors (Lipinski definition) is 3. The van der Waals surface area contributed by atoms with Gasteiger partial charge >= 0.3 is 0 Å². The second-order valence-corrected chi connectivity index (χ2v) is 3.36. The quantitative estimate of drug-likeness (QED) is 0.701. The fourth-order valence-electron chi connectivity index (χ4n) is 1.27. The van der Waals surface area contributed by atoms with Crippen molar-refractivity contribution in [3.8, 4) is 11.8 Å². The van der Waals surface area contributed by atoms with Gasteiger partial charge in [-0.2, -0.15) is 10.4 Å². The number of hydrogen-bond donors (Lipinski definition) is 0. The second kappa shape index (κ2) is 3.54. The van der Waals surface area contributed by atoms with Gasteiger partial charge < -0.3 is 0 Å². The van der Waals surface area contributed by atoms with E-state index in [4.69, 9.17) is 5.26 Å². The number of nitriles is 1. The van der Waals surface area contributed by atoms with E-state index in [1.165, 1.54) is 0 Å². The zero-order chi connectivity index (χ0) is 10.8. The lowest BCUT2D eigenvalue weighted by atomic mass is 10.3. The molecule has 4 heteroatoms. The van der Waals surface area contributed by atoms with Crippen molar-refractivity contribution in [1.29, 1.82) is 5.26 Å². The Morgan fingerprint density at radius 2 is 2.13 bits per heavy atom. The molecule has 0 bridgehead atoms. The van der Waals surface area contributed by atoms with Crippen molar-refractivity contribution in [3.63, 3.8) is 0 Å². The Morgan fingerprint density at radius 1 is 1.33 bits per heavy atom. The van der Waals surface area contributed by atoms with Crippen LogP contribution in [-0.4, -0.2) is 14.8 Å². The summed E-state index contributed by atoms with van der Waals surface area (Å²) in [6, 6.07) is 5.49. The normalized spacial score (nSPS) is 9.93. The van der Waals surface area contributed by atoms with Gasteiger partial charge in [-0.05, 0) is 31.5 Å². The van der Waals surface area contributed by atoms with Crippen LogP contribution in [0, 0.1) is 25.2 Å². The van der Waals surface area contributed by atoms with Gasteiger partial charge in [0.15, 0.2) is 0 Å². The molecular formula is C11H10N4. The van der Waals surface area contributed by atoms with Crippen LogP contribution in [-0.2, 0) is 0 Å². The zero-order valence-electron chi connectivity index (χ0n) is 8.60. The highest BCUT2D eigenvalue weighted by Gasteiger charge is 2.02. The van der Waals surface area contributed by atoms with E-state index in [0.717, 1.165) is 16.9 Å². The summed E-state index contributed by atoms with van der Waals surface area (Å²) in [5, 5.41) is 12.9. The van der Waals surface area contributed by atoms with Crippen LogP contribution < -0.4 is 0 Å². The van der Waals surface area contributed by atoms with E-state index in [-0.39, 0.29) is 0 Å². The first kappa shape index (κ1) is 9.41. The van der Waals surface area contributed by atoms with Gasteiger partial charge in [0.05, 0.1) is 17.6 Å². The Morgan fingerprint density at radius 3 is 2.60 bits per heavy atom. The summed E-state index contributed by atoms with van der Waals surface area (Å²) in [6.45, 7) is 3.97. The lowest BCUT2D eigenvalue weighted by Gasteiger charge is -1.99. The zero-order valence-corrected chi connectivity index (χ0v) is 8.60. The molecule has 0 fully saturated rings. The van der Waals surface area contributed by atoms with Crippen molar-refractivity contribution in [3.05, 3.63) is 41.5 Å². The third-order valence-electron chi connectivity index (χ3n) is 2.27. The summed E-state index contributed by atoms with van der Waals surface area (Å²) in [6.07, 6.45) is 3.59. The highest BCUT2D eigenvalue weighted by atomic mass is 15.3. The van der Waals surface area contributed by atoms with E-state index in [1.54, 1.807) is 16.9 Å². The maximum Gasteiger partial charge on any atom is 0.140 e. The largest absolute Gasteiger partial charge is 0.243 e. The first-order valence-electron chi connectivity index (χ1n) is 4.60. The van der Waals surface area contributed by atoms with Crippen molar-refractivity contribution in [1.82, 2.24) is 14.8 Å². The summed E-state index contributed by atoms with van der Waals surface area (Å²) >= 11 is 0. The third-order valence-corrected chi connectivity index (χ3v) is 2.27. The number of aryl methyl sites for hydroxylation is 2. The van der Waals surface area contributed by atoms with Gasteiger partial charge in [-0.1, -0.05) is 0 Å². The predicted molar refractivity (Wildman–Crippen MR) is 55.5 cm³/mol. The highest BCUT2D eigenvalue weighted by Crippen LogP contribution is 2.10. The third kappa shape index (κ3) is 1.72. The molecule has 0 unspecified atom stereocenters. The maximum absolute atomic E-state index is 8.61. The molecule has 0 saturated carbocycles. The Kier molecular flexibility index (Phi) is 2.22. The molecule has 0 N–H and O–H groups in total. The Labute approximate surface area is 87.8 Å². The second-order valence-electron chi connectivity index (χ2n) is 3.36. The van der Waals surface area contributed by atoms with Gasteiger partial charge in [0.1, 0.15) is 11.8 Å². The number of pyridine rings is 1. The van der Waals surface area contributed by atoms with Crippen LogP contribution in [0.15, 0.2) is 24.5 Å². The van der Waals surface area contributed by atoms with Gasteiger partial charge in [0.25, 0.3) is 0 Å². The minimum absolute atomic E-state index is 0.416. The van der Waals surface area contributed by atoms with Crippen LogP contribution in [0.25, 0.3) is 5.69 Å². The van der Waals surface area contributed by atoms with Crippen LogP contribution in [0.2, 0.25) is 0 Å². The average molecular weight is 198 g/mol. The van der Waals surface area contributed by atoms with E-state index < -0.39 is 0 Å². The molecule has 0 saturated heterocycles. The molecule has 0 spiro atoms. The first-order chi connectivity index (χ1) is 7.20. The van der Waals surface area contributed by atoms with Gasteiger partial charge in [0, 0.05) is 6.20 Å². The number of aromatic nitrogens is 3. The van der Waals surface area contributed by atoms with E-state index in [1.807, 2.05) is 32.2 Å². The Hall–Kier alpha value is -2.15. The van der Waals surface area contributed by atoms with Crippen molar-refractivity contribution in [2.75, 3.05) is 0 Å². The summed E-state index contributed by atoms with van der Waals surface area (Å²) in [7, 11) is 0. The summed E-state index contributed by atoms with van der Waals surface area (Å²) in [5.41, 5.74) is 3.42. The number of rotatable bonds is 1. The first-order valence-corrected chi connectivity index (χ1v) is 4.60. The molecule has 2 heterocycles. The molecule has 0 radical (unpaired) electrons. The predicted octanol–water partition coefficient (Wildman–Crippen LogP) is 1.76. The van der Waals surface area contributed by atoms with E-state index >= 15 is 0 Å².